The normalized spacial score (nSPS) is 13.8. The van der Waals surface area contributed by atoms with Crippen molar-refractivity contribution in [2.24, 2.45) is 7.05 Å². The van der Waals surface area contributed by atoms with Crippen molar-refractivity contribution >= 4 is 5.91 Å². The van der Waals surface area contributed by atoms with Gasteiger partial charge in [-0.25, -0.2) is 4.98 Å². The average Bonchev–Trinajstić information content (AvgIpc) is 3.07. The lowest BCUT2D eigenvalue weighted by atomic mass is 10.0. The number of aromatic nitrogens is 2. The Hall–Kier alpha value is -3.68. The van der Waals surface area contributed by atoms with E-state index in [2.05, 4.69) is 10.3 Å². The van der Waals surface area contributed by atoms with Gasteiger partial charge in [-0.2, -0.15) is 0 Å². The van der Waals surface area contributed by atoms with E-state index in [4.69, 9.17) is 18.9 Å². The second-order valence-corrected chi connectivity index (χ2v) is 7.16. The third kappa shape index (κ3) is 4.42. The summed E-state index contributed by atoms with van der Waals surface area (Å²) in [5.41, 5.74) is 1.26. The summed E-state index contributed by atoms with van der Waals surface area (Å²) in [5, 5.41) is 3.09. The molecular formula is C23H25N3O5. The summed E-state index contributed by atoms with van der Waals surface area (Å²) >= 11 is 0. The highest BCUT2D eigenvalue weighted by molar-refractivity contribution is 5.95. The number of aryl methyl sites for hydroxylation is 1. The number of carbonyl (C=O) groups excluding carboxylic acids is 1. The Labute approximate surface area is 180 Å². The highest BCUT2D eigenvalue weighted by Crippen LogP contribution is 2.32. The van der Waals surface area contributed by atoms with Crippen LogP contribution in [-0.4, -0.2) is 42.9 Å². The standard InChI is InChI=1S/C23H25N3O5/c1-26-8-7-24-22(26)21(16-11-17(28-2)14-18(12-16)29-3)25-23(27)15-5-6-19-20(13-15)31-10-4-9-30-19/h5-8,11-14,21H,4,9-10H2,1-3H3,(H,25,27)/t21-/m0/s1. The molecule has 1 amide bonds. The number of fused-ring (bicyclic) bond motifs is 1. The van der Waals surface area contributed by atoms with Gasteiger partial charge in [0, 0.05) is 37.5 Å². The fourth-order valence-corrected chi connectivity index (χ4v) is 3.47. The molecule has 2 aromatic carbocycles. The summed E-state index contributed by atoms with van der Waals surface area (Å²) in [4.78, 5) is 17.7. The first-order valence-corrected chi connectivity index (χ1v) is 9.99. The van der Waals surface area contributed by atoms with Crippen LogP contribution in [-0.2, 0) is 7.05 Å². The SMILES string of the molecule is COc1cc(OC)cc([C@H](NC(=O)c2ccc3c(c2)OCCCO3)c2nccn2C)c1. The molecule has 0 radical (unpaired) electrons. The number of benzene rings is 2. The number of amides is 1. The number of methoxy groups -OCH3 is 2. The number of hydrogen-bond donors (Lipinski definition) is 1. The first-order valence-electron chi connectivity index (χ1n) is 9.99. The zero-order chi connectivity index (χ0) is 21.8. The molecule has 0 saturated heterocycles. The van der Waals surface area contributed by atoms with E-state index in [-0.39, 0.29) is 5.91 Å². The maximum atomic E-state index is 13.2. The van der Waals surface area contributed by atoms with Gasteiger partial charge < -0.3 is 28.8 Å². The van der Waals surface area contributed by atoms with E-state index in [9.17, 15) is 4.79 Å². The van der Waals surface area contributed by atoms with E-state index in [0.717, 1.165) is 12.0 Å². The number of nitrogens with one attached hydrogen (secondary N) is 1. The van der Waals surface area contributed by atoms with Gasteiger partial charge >= 0.3 is 0 Å². The smallest absolute Gasteiger partial charge is 0.252 e. The lowest BCUT2D eigenvalue weighted by Crippen LogP contribution is -2.31. The Balaban J connectivity index is 1.68. The van der Waals surface area contributed by atoms with Crippen molar-refractivity contribution in [3.63, 3.8) is 0 Å². The third-order valence-corrected chi connectivity index (χ3v) is 5.11. The number of imidazole rings is 1. The van der Waals surface area contributed by atoms with Crippen LogP contribution in [0.5, 0.6) is 23.0 Å². The summed E-state index contributed by atoms with van der Waals surface area (Å²) in [7, 11) is 5.06. The minimum Gasteiger partial charge on any atom is -0.497 e. The minimum atomic E-state index is -0.521. The highest BCUT2D eigenvalue weighted by atomic mass is 16.5. The summed E-state index contributed by atoms with van der Waals surface area (Å²) in [6, 6.07) is 10.2. The molecular weight excluding hydrogens is 398 g/mol. The van der Waals surface area contributed by atoms with Gasteiger partial charge in [-0.1, -0.05) is 0 Å². The molecule has 0 aliphatic carbocycles. The van der Waals surface area contributed by atoms with E-state index >= 15 is 0 Å². The summed E-state index contributed by atoms with van der Waals surface area (Å²) in [5.74, 6) is 2.88. The van der Waals surface area contributed by atoms with E-state index in [1.807, 2.05) is 29.9 Å². The number of nitrogens with zero attached hydrogens (tertiary/aromatic N) is 2. The average molecular weight is 423 g/mol. The van der Waals surface area contributed by atoms with Crippen LogP contribution in [0, 0.1) is 0 Å². The van der Waals surface area contributed by atoms with E-state index in [1.165, 1.54) is 0 Å². The van der Waals surface area contributed by atoms with E-state index in [0.29, 0.717) is 47.6 Å². The number of rotatable bonds is 6. The molecule has 0 saturated carbocycles. The van der Waals surface area contributed by atoms with Crippen molar-refractivity contribution in [2.75, 3.05) is 27.4 Å². The van der Waals surface area contributed by atoms with Crippen molar-refractivity contribution in [1.82, 2.24) is 14.9 Å². The van der Waals surface area contributed by atoms with Crippen LogP contribution in [0.4, 0.5) is 0 Å². The molecule has 8 nitrogen and oxygen atoms in total. The van der Waals surface area contributed by atoms with Crippen LogP contribution in [0.3, 0.4) is 0 Å². The monoisotopic (exact) mass is 423 g/mol. The van der Waals surface area contributed by atoms with Gasteiger partial charge in [-0.05, 0) is 35.9 Å². The summed E-state index contributed by atoms with van der Waals surface area (Å²) in [6.45, 7) is 1.15. The maximum Gasteiger partial charge on any atom is 0.252 e. The molecule has 1 atom stereocenters. The molecule has 4 rings (SSSR count). The Kier molecular flexibility index (Phi) is 5.97. The van der Waals surface area contributed by atoms with Crippen LogP contribution >= 0.6 is 0 Å². The van der Waals surface area contributed by atoms with Gasteiger partial charge in [0.2, 0.25) is 0 Å². The molecule has 31 heavy (non-hydrogen) atoms. The van der Waals surface area contributed by atoms with Crippen molar-refractivity contribution in [3.05, 3.63) is 65.7 Å². The molecule has 8 heteroatoms. The van der Waals surface area contributed by atoms with Gasteiger partial charge in [0.1, 0.15) is 23.4 Å². The fourth-order valence-electron chi connectivity index (χ4n) is 3.47. The highest BCUT2D eigenvalue weighted by Gasteiger charge is 2.24. The first kappa shape index (κ1) is 20.6. The molecule has 1 aliphatic rings. The van der Waals surface area contributed by atoms with Crippen LogP contribution in [0.2, 0.25) is 0 Å². The zero-order valence-corrected chi connectivity index (χ0v) is 17.8. The molecule has 3 aromatic rings. The number of ether oxygens (including phenoxy) is 4. The largest absolute Gasteiger partial charge is 0.497 e. The van der Waals surface area contributed by atoms with Crippen molar-refractivity contribution in [3.8, 4) is 23.0 Å². The van der Waals surface area contributed by atoms with Crippen molar-refractivity contribution in [1.29, 1.82) is 0 Å². The minimum absolute atomic E-state index is 0.259. The predicted octanol–water partition coefficient (Wildman–Crippen LogP) is 3.12. The van der Waals surface area contributed by atoms with Gasteiger partial charge in [0.15, 0.2) is 11.5 Å². The predicted molar refractivity (Wildman–Crippen MR) is 114 cm³/mol. The van der Waals surface area contributed by atoms with Gasteiger partial charge in [-0.3, -0.25) is 4.79 Å². The van der Waals surface area contributed by atoms with E-state index < -0.39 is 6.04 Å². The van der Waals surface area contributed by atoms with E-state index in [1.54, 1.807) is 44.7 Å². The molecule has 162 valence electrons. The molecule has 0 fully saturated rings. The lowest BCUT2D eigenvalue weighted by Gasteiger charge is -2.21. The number of hydrogen-bond acceptors (Lipinski definition) is 6. The zero-order valence-electron chi connectivity index (χ0n) is 17.8. The molecule has 0 unspecified atom stereocenters. The second kappa shape index (κ2) is 8.99. The van der Waals surface area contributed by atoms with Crippen LogP contribution in [0.25, 0.3) is 0 Å². The first-order chi connectivity index (χ1) is 15.1. The van der Waals surface area contributed by atoms with Gasteiger partial charge in [-0.15, -0.1) is 0 Å². The topological polar surface area (TPSA) is 83.8 Å². The molecule has 0 bridgehead atoms. The summed E-state index contributed by atoms with van der Waals surface area (Å²) in [6.07, 6.45) is 4.33. The summed E-state index contributed by atoms with van der Waals surface area (Å²) < 4.78 is 24.1. The van der Waals surface area contributed by atoms with Gasteiger partial charge in [0.25, 0.3) is 5.91 Å². The Morgan fingerprint density at radius 2 is 1.77 bits per heavy atom. The van der Waals surface area contributed by atoms with Crippen LogP contribution in [0.1, 0.15) is 34.2 Å². The Bertz CT molecular complexity index is 1060. The fraction of sp³-hybridized carbons (Fsp3) is 0.304. The Morgan fingerprint density at radius 3 is 2.42 bits per heavy atom. The quantitative estimate of drug-likeness (QED) is 0.656. The van der Waals surface area contributed by atoms with Crippen molar-refractivity contribution < 1.29 is 23.7 Å². The molecule has 1 N–H and O–H groups in total. The van der Waals surface area contributed by atoms with Gasteiger partial charge in [0.05, 0.1) is 27.4 Å². The molecule has 2 heterocycles. The van der Waals surface area contributed by atoms with Crippen LogP contribution < -0.4 is 24.3 Å². The van der Waals surface area contributed by atoms with Crippen LogP contribution in [0.15, 0.2) is 48.8 Å². The maximum absolute atomic E-state index is 13.2. The second-order valence-electron chi connectivity index (χ2n) is 7.16. The molecule has 0 spiro atoms. The molecule has 1 aromatic heterocycles. The molecule has 1 aliphatic heterocycles. The lowest BCUT2D eigenvalue weighted by molar-refractivity contribution is 0.0940. The number of carbonyl (C=O) groups is 1. The Morgan fingerprint density at radius 1 is 1.06 bits per heavy atom. The third-order valence-electron chi connectivity index (χ3n) is 5.11. The van der Waals surface area contributed by atoms with Crippen molar-refractivity contribution in [2.45, 2.75) is 12.5 Å².